The number of phosphoric ester groups is 2. The zero-order chi connectivity index (χ0) is 71.8. The summed E-state index contributed by atoms with van der Waals surface area (Å²) in [4.78, 5) is 72.8. The van der Waals surface area contributed by atoms with Crippen molar-refractivity contribution in [3.63, 3.8) is 0 Å². The number of carbonyl (C=O) groups excluding carboxylic acids is 4. The van der Waals surface area contributed by atoms with Crippen molar-refractivity contribution in [2.24, 2.45) is 0 Å². The van der Waals surface area contributed by atoms with Crippen LogP contribution in [0, 0.1) is 0 Å². The fraction of sp³-hybridized carbons (Fsp3) is 0.747. The molecule has 0 radical (unpaired) electrons. The largest absolute Gasteiger partial charge is 0.472 e. The van der Waals surface area contributed by atoms with E-state index in [0.717, 1.165) is 180 Å². The molecule has 0 bridgehead atoms. The standard InChI is InChI=1S/C79H138O17P2/c1-5-9-13-17-21-25-29-33-35-36-38-41-44-48-52-56-60-64-77(82)90-70-75(96-79(84)66-62-58-54-50-46-42-37-34-30-26-22-18-14-10-6-2)72-94-98(87,88)92-68-73(80)67-91-97(85,86)93-71-74(95-78(83)65-61-57-53-49-45-40-32-28-24-20-16-12-8-4)69-89-76(81)63-59-55-51-47-43-39-31-27-23-19-15-11-7-3/h9,13,15-16,19-21,25,27-28,31-33,35,38,41,73-75,80H,5-8,10-12,14,17-18,22-24,26,29-30,34,36-37,39-40,42-72H2,1-4H3,(H,85,86)(H,87,88)/b13-9-,19-15-,20-16-,25-21-,31-27-,32-28-,35-33-,41-38-. The first-order valence-electron chi connectivity index (χ1n) is 38.5. The van der Waals surface area contributed by atoms with Gasteiger partial charge in [-0.05, 0) is 116 Å². The van der Waals surface area contributed by atoms with Crippen LogP contribution in [0.5, 0.6) is 0 Å². The van der Waals surface area contributed by atoms with E-state index in [-0.39, 0.29) is 25.7 Å². The molecule has 566 valence electrons. The molecule has 0 aliphatic heterocycles. The van der Waals surface area contributed by atoms with Gasteiger partial charge in [0.25, 0.3) is 0 Å². The molecule has 17 nitrogen and oxygen atoms in total. The molecular weight excluding hydrogens is 1280 g/mol. The third kappa shape index (κ3) is 70.4. The highest BCUT2D eigenvalue weighted by atomic mass is 31.2. The Balaban J connectivity index is 5.36. The molecule has 0 rings (SSSR count). The van der Waals surface area contributed by atoms with Crippen molar-refractivity contribution in [3.8, 4) is 0 Å². The lowest BCUT2D eigenvalue weighted by Gasteiger charge is -2.21. The highest BCUT2D eigenvalue weighted by Crippen LogP contribution is 2.45. The Morgan fingerprint density at radius 1 is 0.296 bits per heavy atom. The number of aliphatic hydroxyl groups excluding tert-OH is 1. The summed E-state index contributed by atoms with van der Waals surface area (Å²) in [6.45, 7) is 4.60. The lowest BCUT2D eigenvalue weighted by Crippen LogP contribution is -2.30. The molecule has 98 heavy (non-hydrogen) atoms. The predicted molar refractivity (Wildman–Crippen MR) is 399 cm³/mol. The van der Waals surface area contributed by atoms with Gasteiger partial charge in [-0.15, -0.1) is 0 Å². The second kappa shape index (κ2) is 71.4. The number of aliphatic hydroxyl groups is 1. The molecule has 0 aromatic heterocycles. The fourth-order valence-corrected chi connectivity index (χ4v) is 11.7. The van der Waals surface area contributed by atoms with Gasteiger partial charge < -0.3 is 33.8 Å². The summed E-state index contributed by atoms with van der Waals surface area (Å²) >= 11 is 0. The fourth-order valence-electron chi connectivity index (χ4n) is 10.2. The lowest BCUT2D eigenvalue weighted by molar-refractivity contribution is -0.161. The van der Waals surface area contributed by atoms with E-state index in [2.05, 4.69) is 125 Å². The third-order valence-electron chi connectivity index (χ3n) is 16.0. The van der Waals surface area contributed by atoms with Gasteiger partial charge in [0.2, 0.25) is 0 Å². The number of phosphoric acid groups is 2. The Morgan fingerprint density at radius 2 is 0.551 bits per heavy atom. The molecule has 0 fully saturated rings. The maximum atomic E-state index is 13.1. The van der Waals surface area contributed by atoms with Gasteiger partial charge in [0.05, 0.1) is 26.4 Å². The smallest absolute Gasteiger partial charge is 0.462 e. The summed E-state index contributed by atoms with van der Waals surface area (Å²) in [7, 11) is -9.96. The van der Waals surface area contributed by atoms with Crippen LogP contribution in [0.1, 0.15) is 323 Å². The Hall–Kier alpha value is -4.02. The van der Waals surface area contributed by atoms with E-state index in [1.807, 2.05) is 0 Å². The molecular formula is C79H138O17P2. The quantitative estimate of drug-likeness (QED) is 0.0169. The highest BCUT2D eigenvalue weighted by Gasteiger charge is 2.30. The van der Waals surface area contributed by atoms with E-state index in [1.54, 1.807) is 0 Å². The molecule has 5 unspecified atom stereocenters. The zero-order valence-corrected chi connectivity index (χ0v) is 63.5. The summed E-state index contributed by atoms with van der Waals surface area (Å²) in [6.07, 6.45) is 73.9. The van der Waals surface area contributed by atoms with Gasteiger partial charge in [-0.3, -0.25) is 37.3 Å². The van der Waals surface area contributed by atoms with E-state index >= 15 is 0 Å². The second-order valence-electron chi connectivity index (χ2n) is 25.6. The maximum Gasteiger partial charge on any atom is 0.472 e. The first-order valence-corrected chi connectivity index (χ1v) is 41.5. The molecule has 0 aromatic carbocycles. The predicted octanol–water partition coefficient (Wildman–Crippen LogP) is 22.0. The minimum absolute atomic E-state index is 0.0757. The topological polar surface area (TPSA) is 237 Å². The van der Waals surface area contributed by atoms with Gasteiger partial charge in [0.15, 0.2) is 12.2 Å². The van der Waals surface area contributed by atoms with Crippen LogP contribution in [0.25, 0.3) is 0 Å². The Kier molecular flexibility index (Phi) is 68.4. The average molecular weight is 1420 g/mol. The summed E-state index contributed by atoms with van der Waals surface area (Å²) in [5.74, 6) is -2.22. The normalized spacial score (nSPS) is 14.5. The van der Waals surface area contributed by atoms with Crippen molar-refractivity contribution in [1.29, 1.82) is 0 Å². The number of carbonyl (C=O) groups is 4. The van der Waals surface area contributed by atoms with E-state index < -0.39 is 97.5 Å². The van der Waals surface area contributed by atoms with Gasteiger partial charge in [0, 0.05) is 25.7 Å². The number of allylic oxidation sites excluding steroid dienone is 16. The maximum absolute atomic E-state index is 13.1. The Morgan fingerprint density at radius 3 is 0.857 bits per heavy atom. The van der Waals surface area contributed by atoms with E-state index in [9.17, 15) is 43.2 Å². The van der Waals surface area contributed by atoms with E-state index in [4.69, 9.17) is 37.0 Å². The van der Waals surface area contributed by atoms with Gasteiger partial charge in [-0.25, -0.2) is 9.13 Å². The Bertz CT molecular complexity index is 2240. The first-order chi connectivity index (χ1) is 47.7. The number of esters is 4. The molecule has 19 heteroatoms. The number of rotatable bonds is 72. The van der Waals surface area contributed by atoms with Crippen LogP contribution < -0.4 is 0 Å². The number of ether oxygens (including phenoxy) is 4. The molecule has 0 aliphatic carbocycles. The minimum Gasteiger partial charge on any atom is -0.462 e. The third-order valence-corrected chi connectivity index (χ3v) is 17.9. The monoisotopic (exact) mass is 1420 g/mol. The van der Waals surface area contributed by atoms with Crippen LogP contribution >= 0.6 is 15.6 Å². The van der Waals surface area contributed by atoms with Crippen LogP contribution in [0.2, 0.25) is 0 Å². The molecule has 0 saturated carbocycles. The molecule has 0 aliphatic rings. The van der Waals surface area contributed by atoms with Crippen LogP contribution in [-0.2, 0) is 65.4 Å². The van der Waals surface area contributed by atoms with E-state index in [0.29, 0.717) is 25.7 Å². The van der Waals surface area contributed by atoms with Crippen molar-refractivity contribution in [2.75, 3.05) is 39.6 Å². The second-order valence-corrected chi connectivity index (χ2v) is 28.5. The average Bonchev–Trinajstić information content (AvgIpc) is 1.05. The summed E-state index contributed by atoms with van der Waals surface area (Å²) in [5, 5.41) is 10.6. The SMILES string of the molecule is CC/C=C\C/C=C\C/C=C\C/C=C\CCCCCCC(=O)OCC(COP(=O)(O)OCC(O)COP(=O)(O)OCC(COC(=O)CCCCCCC/C=C\C/C=C\CCC)OC(=O)CCCCCCC/C=C\C/C=C\CCC)OC(=O)CCCCCCCCCCCCCCCCC. The molecule has 0 saturated heterocycles. The van der Waals surface area contributed by atoms with Crippen molar-refractivity contribution in [3.05, 3.63) is 97.2 Å². The molecule has 0 heterocycles. The molecule has 0 spiro atoms. The van der Waals surface area contributed by atoms with Gasteiger partial charge in [-0.1, -0.05) is 279 Å². The van der Waals surface area contributed by atoms with Crippen molar-refractivity contribution < 1.29 is 80.2 Å². The molecule has 0 aromatic rings. The number of hydrogen-bond donors (Lipinski definition) is 3. The first kappa shape index (κ1) is 94.0. The minimum atomic E-state index is -4.98. The molecule has 3 N–H and O–H groups in total. The van der Waals surface area contributed by atoms with Crippen molar-refractivity contribution in [2.45, 2.75) is 341 Å². The number of unbranched alkanes of at least 4 members (excludes halogenated alkanes) is 30. The molecule has 0 amide bonds. The highest BCUT2D eigenvalue weighted by molar-refractivity contribution is 7.47. The number of hydrogen-bond acceptors (Lipinski definition) is 15. The summed E-state index contributed by atoms with van der Waals surface area (Å²) in [6, 6.07) is 0. The zero-order valence-electron chi connectivity index (χ0n) is 61.7. The van der Waals surface area contributed by atoms with Crippen LogP contribution in [0.4, 0.5) is 0 Å². The van der Waals surface area contributed by atoms with Gasteiger partial charge in [-0.2, -0.15) is 0 Å². The van der Waals surface area contributed by atoms with Crippen molar-refractivity contribution in [1.82, 2.24) is 0 Å². The van der Waals surface area contributed by atoms with Gasteiger partial charge in [0.1, 0.15) is 19.3 Å². The van der Waals surface area contributed by atoms with Crippen LogP contribution in [0.3, 0.4) is 0 Å². The van der Waals surface area contributed by atoms with Crippen LogP contribution in [0.15, 0.2) is 97.2 Å². The lowest BCUT2D eigenvalue weighted by atomic mass is 10.0. The van der Waals surface area contributed by atoms with Gasteiger partial charge >= 0.3 is 39.5 Å². The van der Waals surface area contributed by atoms with E-state index in [1.165, 1.54) is 64.2 Å². The molecule has 5 atom stereocenters. The summed E-state index contributed by atoms with van der Waals surface area (Å²) in [5.41, 5.74) is 0. The van der Waals surface area contributed by atoms with Crippen LogP contribution in [-0.4, -0.2) is 96.7 Å². The van der Waals surface area contributed by atoms with Crippen molar-refractivity contribution >= 4 is 39.5 Å². The summed E-state index contributed by atoms with van der Waals surface area (Å²) < 4.78 is 68.5. The Labute approximate surface area is 595 Å².